The number of nitrogens with two attached hydrogens (primary N) is 1. The summed E-state index contributed by atoms with van der Waals surface area (Å²) in [6.07, 6.45) is 5.31. The van der Waals surface area contributed by atoms with Gasteiger partial charge in [-0.1, -0.05) is 44.0 Å². The van der Waals surface area contributed by atoms with Gasteiger partial charge < -0.3 is 5.73 Å². The standard InChI is InChI=1S/C16H25N3/c1-2-5-13-8-10-19(11-9-13)12-14-6-3-4-7-15(14)16(17)18/h3-4,6-7,13H,2,5,8-12H2,1H3,(H3,17,18). The summed E-state index contributed by atoms with van der Waals surface area (Å²) in [5, 5.41) is 7.64. The van der Waals surface area contributed by atoms with Gasteiger partial charge in [0, 0.05) is 12.1 Å². The van der Waals surface area contributed by atoms with E-state index < -0.39 is 0 Å². The molecule has 1 heterocycles. The van der Waals surface area contributed by atoms with Crippen LogP contribution in [-0.4, -0.2) is 23.8 Å². The number of rotatable bonds is 5. The molecule has 3 nitrogen and oxygen atoms in total. The van der Waals surface area contributed by atoms with Crippen LogP contribution < -0.4 is 5.73 Å². The van der Waals surface area contributed by atoms with Gasteiger partial charge in [0.1, 0.15) is 5.84 Å². The highest BCUT2D eigenvalue weighted by atomic mass is 15.1. The number of benzene rings is 1. The summed E-state index contributed by atoms with van der Waals surface area (Å²) in [6.45, 7) is 5.55. The lowest BCUT2D eigenvalue weighted by Crippen LogP contribution is -2.33. The predicted octanol–water partition coefficient (Wildman–Crippen LogP) is 2.98. The Labute approximate surface area is 116 Å². The second kappa shape index (κ2) is 6.71. The molecule has 3 heteroatoms. The van der Waals surface area contributed by atoms with E-state index in [0.717, 1.165) is 18.0 Å². The summed E-state index contributed by atoms with van der Waals surface area (Å²) in [6, 6.07) is 8.02. The van der Waals surface area contributed by atoms with E-state index in [1.807, 2.05) is 18.2 Å². The van der Waals surface area contributed by atoms with E-state index in [2.05, 4.69) is 17.9 Å². The number of piperidine rings is 1. The van der Waals surface area contributed by atoms with Crippen molar-refractivity contribution in [3.05, 3.63) is 35.4 Å². The van der Waals surface area contributed by atoms with Crippen LogP contribution in [0.25, 0.3) is 0 Å². The average molecular weight is 259 g/mol. The van der Waals surface area contributed by atoms with Crippen molar-refractivity contribution in [1.82, 2.24) is 4.90 Å². The van der Waals surface area contributed by atoms with Crippen molar-refractivity contribution in [2.24, 2.45) is 11.7 Å². The molecule has 19 heavy (non-hydrogen) atoms. The highest BCUT2D eigenvalue weighted by Gasteiger charge is 2.19. The maximum Gasteiger partial charge on any atom is 0.123 e. The molecule has 1 aliphatic heterocycles. The van der Waals surface area contributed by atoms with Gasteiger partial charge in [-0.3, -0.25) is 10.3 Å². The molecule has 104 valence electrons. The molecule has 0 aliphatic carbocycles. The fraction of sp³-hybridized carbons (Fsp3) is 0.562. The van der Waals surface area contributed by atoms with Gasteiger partial charge in [-0.15, -0.1) is 0 Å². The number of likely N-dealkylation sites (tertiary alicyclic amines) is 1. The van der Waals surface area contributed by atoms with Gasteiger partial charge in [-0.05, 0) is 37.4 Å². The van der Waals surface area contributed by atoms with Crippen molar-refractivity contribution in [2.75, 3.05) is 13.1 Å². The van der Waals surface area contributed by atoms with Crippen molar-refractivity contribution < 1.29 is 0 Å². The number of hydrogen-bond acceptors (Lipinski definition) is 2. The lowest BCUT2D eigenvalue weighted by atomic mass is 9.92. The van der Waals surface area contributed by atoms with Crippen molar-refractivity contribution in [3.63, 3.8) is 0 Å². The number of nitrogens with one attached hydrogen (secondary N) is 1. The van der Waals surface area contributed by atoms with Crippen molar-refractivity contribution in [2.45, 2.75) is 39.2 Å². The smallest absolute Gasteiger partial charge is 0.123 e. The van der Waals surface area contributed by atoms with Crippen LogP contribution in [0, 0.1) is 11.3 Å². The molecule has 0 amide bonds. The quantitative estimate of drug-likeness (QED) is 0.631. The topological polar surface area (TPSA) is 53.1 Å². The highest BCUT2D eigenvalue weighted by molar-refractivity contribution is 5.96. The van der Waals surface area contributed by atoms with Crippen LogP contribution in [-0.2, 0) is 6.54 Å². The first kappa shape index (κ1) is 14.1. The van der Waals surface area contributed by atoms with Gasteiger partial charge in [-0.25, -0.2) is 0 Å². The van der Waals surface area contributed by atoms with Gasteiger partial charge in [0.05, 0.1) is 0 Å². The van der Waals surface area contributed by atoms with Gasteiger partial charge in [0.15, 0.2) is 0 Å². The fourth-order valence-electron chi connectivity index (χ4n) is 3.00. The second-order valence-corrected chi connectivity index (χ2v) is 5.58. The molecular weight excluding hydrogens is 234 g/mol. The van der Waals surface area contributed by atoms with Crippen molar-refractivity contribution >= 4 is 5.84 Å². The van der Waals surface area contributed by atoms with E-state index >= 15 is 0 Å². The van der Waals surface area contributed by atoms with E-state index in [1.165, 1.54) is 44.3 Å². The van der Waals surface area contributed by atoms with Crippen LogP contribution >= 0.6 is 0 Å². The Bertz CT molecular complexity index is 420. The first-order chi connectivity index (χ1) is 9.20. The number of nitrogen functional groups attached to an aromatic ring is 1. The minimum atomic E-state index is 0.177. The molecular formula is C16H25N3. The maximum atomic E-state index is 7.64. The number of hydrogen-bond donors (Lipinski definition) is 2. The molecule has 0 radical (unpaired) electrons. The molecule has 0 atom stereocenters. The zero-order chi connectivity index (χ0) is 13.7. The Balaban J connectivity index is 1.94. The van der Waals surface area contributed by atoms with E-state index in [4.69, 9.17) is 11.1 Å². The molecule has 0 saturated carbocycles. The molecule has 0 unspecified atom stereocenters. The van der Waals surface area contributed by atoms with Gasteiger partial charge >= 0.3 is 0 Å². The molecule has 0 bridgehead atoms. The Morgan fingerprint density at radius 2 is 2.00 bits per heavy atom. The summed E-state index contributed by atoms with van der Waals surface area (Å²) in [5.41, 5.74) is 7.72. The number of amidine groups is 1. The molecule has 1 fully saturated rings. The van der Waals surface area contributed by atoms with E-state index in [1.54, 1.807) is 0 Å². The SMILES string of the molecule is CCCC1CCN(Cc2ccccc2C(=N)N)CC1. The molecule has 3 N–H and O–H groups in total. The average Bonchev–Trinajstić information content (AvgIpc) is 2.42. The van der Waals surface area contributed by atoms with E-state index in [-0.39, 0.29) is 5.84 Å². The Hall–Kier alpha value is -1.35. The summed E-state index contributed by atoms with van der Waals surface area (Å²) in [5.74, 6) is 1.10. The minimum Gasteiger partial charge on any atom is -0.384 e. The first-order valence-corrected chi connectivity index (χ1v) is 7.35. The molecule has 1 saturated heterocycles. The first-order valence-electron chi connectivity index (χ1n) is 7.35. The summed E-state index contributed by atoms with van der Waals surface area (Å²) in [7, 11) is 0. The summed E-state index contributed by atoms with van der Waals surface area (Å²) < 4.78 is 0. The van der Waals surface area contributed by atoms with Crippen LogP contribution in [0.4, 0.5) is 0 Å². The fourth-order valence-corrected chi connectivity index (χ4v) is 3.00. The van der Waals surface area contributed by atoms with Gasteiger partial charge in [0.2, 0.25) is 0 Å². The third kappa shape index (κ3) is 3.80. The molecule has 0 aromatic heterocycles. The molecule has 0 spiro atoms. The summed E-state index contributed by atoms with van der Waals surface area (Å²) >= 11 is 0. The van der Waals surface area contributed by atoms with Crippen LogP contribution in [0.1, 0.15) is 43.7 Å². The zero-order valence-corrected chi connectivity index (χ0v) is 11.9. The third-order valence-electron chi connectivity index (χ3n) is 4.11. The van der Waals surface area contributed by atoms with Gasteiger partial charge in [0.25, 0.3) is 0 Å². The number of nitrogens with zero attached hydrogens (tertiary/aromatic N) is 1. The largest absolute Gasteiger partial charge is 0.384 e. The third-order valence-corrected chi connectivity index (χ3v) is 4.11. The normalized spacial score (nSPS) is 17.5. The Morgan fingerprint density at radius 1 is 1.32 bits per heavy atom. The van der Waals surface area contributed by atoms with Crippen LogP contribution in [0.2, 0.25) is 0 Å². The van der Waals surface area contributed by atoms with Crippen molar-refractivity contribution in [1.29, 1.82) is 5.41 Å². The minimum absolute atomic E-state index is 0.177. The molecule has 1 aromatic carbocycles. The monoisotopic (exact) mass is 259 g/mol. The van der Waals surface area contributed by atoms with Crippen LogP contribution in [0.5, 0.6) is 0 Å². The van der Waals surface area contributed by atoms with Gasteiger partial charge in [-0.2, -0.15) is 0 Å². The predicted molar refractivity (Wildman–Crippen MR) is 80.4 cm³/mol. The Morgan fingerprint density at radius 3 is 2.63 bits per heavy atom. The molecule has 1 aromatic rings. The second-order valence-electron chi connectivity index (χ2n) is 5.58. The molecule has 1 aliphatic rings. The lowest BCUT2D eigenvalue weighted by Gasteiger charge is -2.32. The zero-order valence-electron chi connectivity index (χ0n) is 11.9. The maximum absolute atomic E-state index is 7.64. The van der Waals surface area contributed by atoms with E-state index in [0.29, 0.717) is 0 Å². The van der Waals surface area contributed by atoms with E-state index in [9.17, 15) is 0 Å². The summed E-state index contributed by atoms with van der Waals surface area (Å²) in [4.78, 5) is 2.49. The Kier molecular flexibility index (Phi) is 4.97. The van der Waals surface area contributed by atoms with Crippen LogP contribution in [0.15, 0.2) is 24.3 Å². The van der Waals surface area contributed by atoms with Crippen molar-refractivity contribution in [3.8, 4) is 0 Å². The molecule has 2 rings (SSSR count). The highest BCUT2D eigenvalue weighted by Crippen LogP contribution is 2.23. The lowest BCUT2D eigenvalue weighted by molar-refractivity contribution is 0.172. The van der Waals surface area contributed by atoms with Crippen LogP contribution in [0.3, 0.4) is 0 Å².